The van der Waals surface area contributed by atoms with Crippen molar-refractivity contribution in [1.29, 1.82) is 0 Å². The monoisotopic (exact) mass is 476 g/mol. The van der Waals surface area contributed by atoms with Crippen molar-refractivity contribution < 1.29 is 27.5 Å². The first kappa shape index (κ1) is 25.5. The van der Waals surface area contributed by atoms with Gasteiger partial charge in [-0.15, -0.1) is 0 Å². The van der Waals surface area contributed by atoms with Crippen LogP contribution in [0.3, 0.4) is 0 Å². The summed E-state index contributed by atoms with van der Waals surface area (Å²) >= 11 is 6.15. The highest BCUT2D eigenvalue weighted by Gasteiger charge is 2.27. The molecule has 0 unspecified atom stereocenters. The Hall–Kier alpha value is -1.76. The maximum atomic E-state index is 12.8. The minimum Gasteiger partial charge on any atom is -0.385 e. The Morgan fingerprint density at radius 2 is 1.90 bits per heavy atom. The van der Waals surface area contributed by atoms with E-state index in [1.165, 1.54) is 22.5 Å². The van der Waals surface area contributed by atoms with E-state index in [1.807, 2.05) is 0 Å². The molecule has 1 aromatic carbocycles. The van der Waals surface area contributed by atoms with Crippen LogP contribution in [-0.4, -0.2) is 96.1 Å². The standard InChI is InChI=1S/C19H29ClN4O6S/c1-23(13-18(25)21-6-3-9-29-2)14-19(26)22-17-12-15(4-5-16(17)20)31(27,28)24-7-10-30-11-8-24/h4-5,12H,3,6-11,13-14H2,1-2H3,(H,21,25)(H,22,26). The first-order valence-corrected chi connectivity index (χ1v) is 11.7. The summed E-state index contributed by atoms with van der Waals surface area (Å²) < 4.78 is 37.1. The number of methoxy groups -OCH3 is 1. The second-order valence-corrected chi connectivity index (χ2v) is 9.42. The molecule has 2 rings (SSSR count). The normalized spacial score (nSPS) is 15.1. The number of halogens is 1. The van der Waals surface area contributed by atoms with E-state index in [0.29, 0.717) is 32.8 Å². The molecular weight excluding hydrogens is 448 g/mol. The van der Waals surface area contributed by atoms with Gasteiger partial charge in [-0.05, 0) is 31.7 Å². The number of rotatable bonds is 11. The zero-order valence-corrected chi connectivity index (χ0v) is 19.3. The maximum absolute atomic E-state index is 12.8. The SMILES string of the molecule is COCCCNC(=O)CN(C)CC(=O)Nc1cc(S(=O)(=O)N2CCOCC2)ccc1Cl. The number of morpholine rings is 1. The average molecular weight is 477 g/mol. The van der Waals surface area contributed by atoms with Crippen LogP contribution < -0.4 is 10.6 Å². The molecule has 174 valence electrons. The first-order chi connectivity index (χ1) is 14.7. The highest BCUT2D eigenvalue weighted by atomic mass is 35.5. The van der Waals surface area contributed by atoms with E-state index in [-0.39, 0.29) is 47.7 Å². The van der Waals surface area contributed by atoms with Gasteiger partial charge in [0.25, 0.3) is 0 Å². The minimum absolute atomic E-state index is 0.0397. The topological polar surface area (TPSA) is 117 Å². The quantitative estimate of drug-likeness (QED) is 0.443. The van der Waals surface area contributed by atoms with Gasteiger partial charge in [0.2, 0.25) is 21.8 Å². The molecule has 10 nitrogen and oxygen atoms in total. The average Bonchev–Trinajstić information content (AvgIpc) is 2.73. The van der Waals surface area contributed by atoms with Gasteiger partial charge < -0.3 is 20.1 Å². The number of anilines is 1. The summed E-state index contributed by atoms with van der Waals surface area (Å²) in [6.45, 7) is 2.23. The summed E-state index contributed by atoms with van der Waals surface area (Å²) in [6.07, 6.45) is 0.703. The van der Waals surface area contributed by atoms with E-state index in [2.05, 4.69) is 10.6 Å². The molecule has 0 spiro atoms. The smallest absolute Gasteiger partial charge is 0.243 e. The first-order valence-electron chi connectivity index (χ1n) is 9.85. The van der Waals surface area contributed by atoms with Gasteiger partial charge in [-0.25, -0.2) is 8.42 Å². The number of carbonyl (C=O) groups excluding carboxylic acids is 2. The molecular formula is C19H29ClN4O6S. The Balaban J connectivity index is 1.93. The van der Waals surface area contributed by atoms with Gasteiger partial charge in [-0.2, -0.15) is 4.31 Å². The molecule has 0 radical (unpaired) electrons. The largest absolute Gasteiger partial charge is 0.385 e. The Bertz CT molecular complexity index is 861. The number of hydrogen-bond donors (Lipinski definition) is 2. The van der Waals surface area contributed by atoms with Crippen molar-refractivity contribution in [2.45, 2.75) is 11.3 Å². The fourth-order valence-electron chi connectivity index (χ4n) is 2.93. The molecule has 1 saturated heterocycles. The minimum atomic E-state index is -3.72. The Morgan fingerprint density at radius 1 is 1.23 bits per heavy atom. The molecule has 1 aliphatic heterocycles. The molecule has 2 amide bonds. The van der Waals surface area contributed by atoms with E-state index < -0.39 is 15.9 Å². The van der Waals surface area contributed by atoms with E-state index in [1.54, 1.807) is 19.1 Å². The maximum Gasteiger partial charge on any atom is 0.243 e. The number of likely N-dealkylation sites (N-methyl/N-ethyl adjacent to an activating group) is 1. The van der Waals surface area contributed by atoms with Crippen LogP contribution in [0.5, 0.6) is 0 Å². The summed E-state index contributed by atoms with van der Waals surface area (Å²) in [6, 6.07) is 4.18. The molecule has 0 aliphatic carbocycles. The Morgan fingerprint density at radius 3 is 2.58 bits per heavy atom. The molecule has 1 aliphatic rings. The molecule has 0 aromatic heterocycles. The molecule has 1 aromatic rings. The zero-order chi connectivity index (χ0) is 22.9. The summed E-state index contributed by atoms with van der Waals surface area (Å²) in [5, 5.41) is 5.58. The number of ether oxygens (including phenoxy) is 2. The lowest BCUT2D eigenvalue weighted by Crippen LogP contribution is -2.40. The van der Waals surface area contributed by atoms with Gasteiger partial charge in [0.05, 0.1) is 41.9 Å². The molecule has 31 heavy (non-hydrogen) atoms. The highest BCUT2D eigenvalue weighted by Crippen LogP contribution is 2.27. The molecule has 0 saturated carbocycles. The summed E-state index contributed by atoms with van der Waals surface area (Å²) in [7, 11) is -0.492. The molecule has 12 heteroatoms. The third kappa shape index (κ3) is 8.02. The van der Waals surface area contributed by atoms with Crippen LogP contribution in [0.1, 0.15) is 6.42 Å². The van der Waals surface area contributed by atoms with E-state index in [0.717, 1.165) is 0 Å². The van der Waals surface area contributed by atoms with Crippen LogP contribution in [0.2, 0.25) is 5.02 Å². The van der Waals surface area contributed by atoms with Gasteiger partial charge in [0.1, 0.15) is 0 Å². The van der Waals surface area contributed by atoms with Gasteiger partial charge in [-0.1, -0.05) is 11.6 Å². The number of sulfonamides is 1. The van der Waals surface area contributed by atoms with Crippen LogP contribution in [0.4, 0.5) is 5.69 Å². The van der Waals surface area contributed by atoms with Gasteiger partial charge >= 0.3 is 0 Å². The van der Waals surface area contributed by atoms with E-state index in [9.17, 15) is 18.0 Å². The van der Waals surface area contributed by atoms with Gasteiger partial charge in [-0.3, -0.25) is 14.5 Å². The van der Waals surface area contributed by atoms with Crippen LogP contribution in [0.15, 0.2) is 23.1 Å². The summed E-state index contributed by atoms with van der Waals surface area (Å²) in [5.41, 5.74) is 0.193. The predicted molar refractivity (Wildman–Crippen MR) is 117 cm³/mol. The van der Waals surface area contributed by atoms with E-state index in [4.69, 9.17) is 21.1 Å². The fraction of sp³-hybridized carbons (Fsp3) is 0.579. The number of hydrogen-bond acceptors (Lipinski definition) is 7. The lowest BCUT2D eigenvalue weighted by Gasteiger charge is -2.26. The van der Waals surface area contributed by atoms with Crippen LogP contribution >= 0.6 is 11.6 Å². The van der Waals surface area contributed by atoms with Crippen molar-refractivity contribution in [2.24, 2.45) is 0 Å². The Kier molecular flexibility index (Phi) is 10.1. The lowest BCUT2D eigenvalue weighted by atomic mass is 10.3. The number of carbonyl (C=O) groups is 2. The second kappa shape index (κ2) is 12.3. The van der Waals surface area contributed by atoms with Crippen LogP contribution in [0, 0.1) is 0 Å². The Labute approximate surface area is 187 Å². The highest BCUT2D eigenvalue weighted by molar-refractivity contribution is 7.89. The van der Waals surface area contributed by atoms with Crippen molar-refractivity contribution >= 4 is 39.1 Å². The third-order valence-electron chi connectivity index (χ3n) is 4.49. The predicted octanol–water partition coefficient (Wildman–Crippen LogP) is 0.384. The molecule has 1 fully saturated rings. The number of benzene rings is 1. The molecule has 1 heterocycles. The molecule has 0 atom stereocenters. The molecule has 0 bridgehead atoms. The zero-order valence-electron chi connectivity index (χ0n) is 17.7. The molecule has 2 N–H and O–H groups in total. The summed E-state index contributed by atoms with van der Waals surface area (Å²) in [4.78, 5) is 25.9. The van der Waals surface area contributed by atoms with Crippen molar-refractivity contribution in [3.8, 4) is 0 Å². The lowest BCUT2D eigenvalue weighted by molar-refractivity contribution is -0.123. The number of nitrogens with one attached hydrogen (secondary N) is 2. The fourth-order valence-corrected chi connectivity index (χ4v) is 4.53. The van der Waals surface area contributed by atoms with Crippen LogP contribution in [0.25, 0.3) is 0 Å². The number of amides is 2. The summed E-state index contributed by atoms with van der Waals surface area (Å²) in [5.74, 6) is -0.624. The van der Waals surface area contributed by atoms with Crippen molar-refractivity contribution in [1.82, 2.24) is 14.5 Å². The van der Waals surface area contributed by atoms with Gasteiger partial charge in [0, 0.05) is 33.4 Å². The van der Waals surface area contributed by atoms with Crippen molar-refractivity contribution in [3.05, 3.63) is 23.2 Å². The van der Waals surface area contributed by atoms with Gasteiger partial charge in [0.15, 0.2) is 0 Å². The van der Waals surface area contributed by atoms with Crippen LogP contribution in [-0.2, 0) is 29.1 Å². The third-order valence-corrected chi connectivity index (χ3v) is 6.72. The number of nitrogens with zero attached hydrogens (tertiary/aromatic N) is 2. The second-order valence-electron chi connectivity index (χ2n) is 7.07. The van der Waals surface area contributed by atoms with E-state index >= 15 is 0 Å². The van der Waals surface area contributed by atoms with Crippen molar-refractivity contribution in [3.63, 3.8) is 0 Å². The van der Waals surface area contributed by atoms with Crippen molar-refractivity contribution in [2.75, 3.05) is 72.0 Å².